The van der Waals surface area contributed by atoms with E-state index in [9.17, 15) is 4.79 Å². The largest absolute Gasteiger partial charge is 0.324 e. The molecule has 2 aromatic carbocycles. The van der Waals surface area contributed by atoms with Crippen molar-refractivity contribution in [3.63, 3.8) is 0 Å². The van der Waals surface area contributed by atoms with Crippen molar-refractivity contribution >= 4 is 35.1 Å². The summed E-state index contributed by atoms with van der Waals surface area (Å²) in [6, 6.07) is 17.5. The second-order valence-corrected chi connectivity index (χ2v) is 7.01. The molecular weight excluding hydrogens is 374 g/mol. The lowest BCUT2D eigenvalue weighted by Crippen LogP contribution is -2.20. The van der Waals surface area contributed by atoms with Gasteiger partial charge in [-0.15, -0.1) is 5.10 Å². The van der Waals surface area contributed by atoms with Crippen molar-refractivity contribution in [2.24, 2.45) is 0 Å². The molecule has 0 unspecified atom stereocenters. The van der Waals surface area contributed by atoms with Crippen LogP contribution < -0.4 is 10.6 Å². The van der Waals surface area contributed by atoms with E-state index in [4.69, 9.17) is 11.6 Å². The Labute approximate surface area is 168 Å². The Morgan fingerprint density at radius 2 is 1.93 bits per heavy atom. The van der Waals surface area contributed by atoms with E-state index >= 15 is 0 Å². The monoisotopic (exact) mass is 393 g/mol. The van der Waals surface area contributed by atoms with Crippen LogP contribution >= 0.6 is 11.6 Å². The zero-order chi connectivity index (χ0) is 19.5. The smallest absolute Gasteiger partial charge is 0.250 e. The average molecular weight is 394 g/mol. The van der Waals surface area contributed by atoms with E-state index in [1.54, 1.807) is 4.68 Å². The normalized spacial score (nSPS) is 15.4. The SMILES string of the molecule is CCCC(=O)Nc1nc2n(n1)[C@@H](c1ccccc1)C=C(c1ccc(Cl)cc1)N2. The molecule has 2 N–H and O–H groups in total. The number of aromatic nitrogens is 3. The van der Waals surface area contributed by atoms with Gasteiger partial charge < -0.3 is 5.32 Å². The molecule has 0 aliphatic carbocycles. The third kappa shape index (κ3) is 3.77. The van der Waals surface area contributed by atoms with Gasteiger partial charge in [0.25, 0.3) is 5.95 Å². The minimum Gasteiger partial charge on any atom is -0.324 e. The summed E-state index contributed by atoms with van der Waals surface area (Å²) in [5.41, 5.74) is 2.99. The standard InChI is InChI=1S/C21H20ClN5O/c1-2-6-19(28)24-20-25-21-23-17(14-9-11-16(22)12-10-14)13-18(27(21)26-20)15-7-4-3-5-8-15/h3-5,7-13,18H,2,6H2,1H3,(H2,23,24,25,26,28)/t18-/m1/s1. The molecule has 1 aliphatic heterocycles. The Morgan fingerprint density at radius 3 is 2.64 bits per heavy atom. The fourth-order valence-electron chi connectivity index (χ4n) is 3.15. The highest BCUT2D eigenvalue weighted by molar-refractivity contribution is 6.30. The number of carbonyl (C=O) groups excluding carboxylic acids is 1. The maximum absolute atomic E-state index is 11.9. The molecule has 0 saturated carbocycles. The minimum atomic E-state index is -0.146. The molecule has 1 atom stereocenters. The van der Waals surface area contributed by atoms with E-state index in [1.165, 1.54) is 0 Å². The Morgan fingerprint density at radius 1 is 1.18 bits per heavy atom. The number of fused-ring (bicyclic) bond motifs is 1. The third-order valence-electron chi connectivity index (χ3n) is 4.49. The zero-order valence-electron chi connectivity index (χ0n) is 15.4. The fourth-order valence-corrected chi connectivity index (χ4v) is 3.27. The summed E-state index contributed by atoms with van der Waals surface area (Å²) in [5.74, 6) is 0.785. The van der Waals surface area contributed by atoms with E-state index in [-0.39, 0.29) is 11.9 Å². The van der Waals surface area contributed by atoms with E-state index in [2.05, 4.69) is 26.8 Å². The topological polar surface area (TPSA) is 71.8 Å². The number of amides is 1. The highest BCUT2D eigenvalue weighted by Crippen LogP contribution is 2.33. The predicted octanol–water partition coefficient (Wildman–Crippen LogP) is 4.73. The van der Waals surface area contributed by atoms with Crippen LogP contribution in [0.3, 0.4) is 0 Å². The van der Waals surface area contributed by atoms with Crippen molar-refractivity contribution in [1.82, 2.24) is 14.8 Å². The number of allylic oxidation sites excluding steroid dienone is 1. The minimum absolute atomic E-state index is 0.0902. The predicted molar refractivity (Wildman–Crippen MR) is 111 cm³/mol. The Kier molecular flexibility index (Phi) is 5.12. The van der Waals surface area contributed by atoms with Crippen LogP contribution in [0, 0.1) is 0 Å². The van der Waals surface area contributed by atoms with Crippen LogP contribution in [-0.2, 0) is 4.79 Å². The van der Waals surface area contributed by atoms with Gasteiger partial charge >= 0.3 is 0 Å². The lowest BCUT2D eigenvalue weighted by atomic mass is 10.0. The first-order valence-corrected chi connectivity index (χ1v) is 9.58. The number of halogens is 1. The lowest BCUT2D eigenvalue weighted by Gasteiger charge is -2.24. The summed E-state index contributed by atoms with van der Waals surface area (Å²) in [6.45, 7) is 1.96. The number of rotatable bonds is 5. The molecule has 1 amide bonds. The van der Waals surface area contributed by atoms with E-state index < -0.39 is 0 Å². The highest BCUT2D eigenvalue weighted by Gasteiger charge is 2.25. The highest BCUT2D eigenvalue weighted by atomic mass is 35.5. The van der Waals surface area contributed by atoms with Gasteiger partial charge in [-0.05, 0) is 35.8 Å². The Bertz CT molecular complexity index is 1010. The summed E-state index contributed by atoms with van der Waals surface area (Å²) >= 11 is 6.03. The van der Waals surface area contributed by atoms with Gasteiger partial charge in [-0.25, -0.2) is 4.68 Å². The van der Waals surface area contributed by atoms with Crippen LogP contribution in [0.2, 0.25) is 5.02 Å². The van der Waals surface area contributed by atoms with Crippen LogP contribution in [0.5, 0.6) is 0 Å². The number of hydrogen-bond donors (Lipinski definition) is 2. The average Bonchev–Trinajstić information content (AvgIpc) is 3.10. The molecule has 0 spiro atoms. The van der Waals surface area contributed by atoms with Crippen molar-refractivity contribution in [3.05, 3.63) is 76.8 Å². The van der Waals surface area contributed by atoms with Crippen molar-refractivity contribution in [2.75, 3.05) is 10.6 Å². The number of hydrogen-bond acceptors (Lipinski definition) is 4. The van der Waals surface area contributed by atoms with Crippen LogP contribution in [0.1, 0.15) is 36.9 Å². The Balaban J connectivity index is 1.72. The van der Waals surface area contributed by atoms with Gasteiger partial charge in [0.15, 0.2) is 0 Å². The van der Waals surface area contributed by atoms with Crippen molar-refractivity contribution < 1.29 is 4.79 Å². The van der Waals surface area contributed by atoms with E-state index in [0.29, 0.717) is 23.3 Å². The molecule has 1 aliphatic rings. The van der Waals surface area contributed by atoms with Crippen molar-refractivity contribution in [2.45, 2.75) is 25.8 Å². The third-order valence-corrected chi connectivity index (χ3v) is 4.74. The Hall–Kier alpha value is -3.12. The molecule has 0 saturated heterocycles. The van der Waals surface area contributed by atoms with Gasteiger partial charge in [-0.3, -0.25) is 10.1 Å². The first-order chi connectivity index (χ1) is 13.6. The van der Waals surface area contributed by atoms with Gasteiger partial charge in [0.2, 0.25) is 11.9 Å². The molecule has 4 rings (SSSR count). The number of nitrogens with one attached hydrogen (secondary N) is 2. The second-order valence-electron chi connectivity index (χ2n) is 6.57. The zero-order valence-corrected chi connectivity index (χ0v) is 16.1. The summed E-state index contributed by atoms with van der Waals surface area (Å²) in [4.78, 5) is 16.4. The van der Waals surface area contributed by atoms with Crippen molar-refractivity contribution in [3.8, 4) is 0 Å². The van der Waals surface area contributed by atoms with E-state index in [0.717, 1.165) is 23.2 Å². The number of benzene rings is 2. The van der Waals surface area contributed by atoms with Crippen LogP contribution in [0.15, 0.2) is 60.7 Å². The molecule has 1 aromatic heterocycles. The fraction of sp³-hybridized carbons (Fsp3) is 0.190. The number of nitrogens with zero attached hydrogens (tertiary/aromatic N) is 3. The molecule has 0 bridgehead atoms. The molecule has 0 radical (unpaired) electrons. The molecule has 142 valence electrons. The summed E-state index contributed by atoms with van der Waals surface area (Å²) in [6.07, 6.45) is 3.30. The van der Waals surface area contributed by atoms with Crippen molar-refractivity contribution in [1.29, 1.82) is 0 Å². The van der Waals surface area contributed by atoms with Gasteiger partial charge in [0.1, 0.15) is 6.04 Å². The maximum atomic E-state index is 11.9. The van der Waals surface area contributed by atoms with Crippen LogP contribution in [0.4, 0.5) is 11.9 Å². The maximum Gasteiger partial charge on any atom is 0.250 e. The number of anilines is 2. The van der Waals surface area contributed by atoms with Gasteiger partial charge in [-0.1, -0.05) is 61.0 Å². The van der Waals surface area contributed by atoms with Crippen LogP contribution in [-0.4, -0.2) is 20.7 Å². The molecule has 7 heteroatoms. The van der Waals surface area contributed by atoms with Gasteiger partial charge in [0.05, 0.1) is 0 Å². The summed E-state index contributed by atoms with van der Waals surface area (Å²) in [7, 11) is 0. The molecule has 0 fully saturated rings. The molecule has 2 heterocycles. The van der Waals surface area contributed by atoms with Crippen LogP contribution in [0.25, 0.3) is 5.70 Å². The lowest BCUT2D eigenvalue weighted by molar-refractivity contribution is -0.116. The van der Waals surface area contributed by atoms with E-state index in [1.807, 2.05) is 61.5 Å². The molecule has 6 nitrogen and oxygen atoms in total. The quantitative estimate of drug-likeness (QED) is 0.657. The molecular formula is C21H20ClN5O. The second kappa shape index (κ2) is 7.86. The molecule has 28 heavy (non-hydrogen) atoms. The first-order valence-electron chi connectivity index (χ1n) is 9.20. The van der Waals surface area contributed by atoms with Gasteiger partial charge in [-0.2, -0.15) is 4.98 Å². The molecule has 3 aromatic rings. The summed E-state index contributed by atoms with van der Waals surface area (Å²) in [5, 5.41) is 11.3. The summed E-state index contributed by atoms with van der Waals surface area (Å²) < 4.78 is 1.79. The van der Waals surface area contributed by atoms with Gasteiger partial charge in [0, 0.05) is 17.1 Å². The number of carbonyl (C=O) groups is 1. The first kappa shape index (κ1) is 18.3.